The molecule has 0 unspecified atom stereocenters. The van der Waals surface area contributed by atoms with Gasteiger partial charge in [0.15, 0.2) is 0 Å². The SMILES string of the molecule is O=C(O)CCCCC(=O)N[C@H](CO)c1ccccc1. The number of carboxylic acid groups (broad SMARTS) is 1. The van der Waals surface area contributed by atoms with Crippen molar-refractivity contribution in [3.63, 3.8) is 0 Å². The predicted molar refractivity (Wildman–Crippen MR) is 70.5 cm³/mol. The highest BCUT2D eigenvalue weighted by Crippen LogP contribution is 2.12. The lowest BCUT2D eigenvalue weighted by molar-refractivity contribution is -0.137. The van der Waals surface area contributed by atoms with E-state index in [0.717, 1.165) is 5.56 Å². The van der Waals surface area contributed by atoms with Crippen LogP contribution in [0.25, 0.3) is 0 Å². The van der Waals surface area contributed by atoms with Crippen LogP contribution in [0.1, 0.15) is 37.3 Å². The Morgan fingerprint density at radius 2 is 1.74 bits per heavy atom. The Bertz CT molecular complexity index is 405. The average Bonchev–Trinajstić information content (AvgIpc) is 2.41. The standard InChI is InChI=1S/C14H19NO4/c16-10-12(11-6-2-1-3-7-11)15-13(17)8-4-5-9-14(18)19/h1-3,6-7,12,16H,4-5,8-10H2,(H,15,17)(H,18,19)/t12-/m1/s1. The molecule has 0 heterocycles. The summed E-state index contributed by atoms with van der Waals surface area (Å²) in [4.78, 5) is 22.0. The van der Waals surface area contributed by atoms with E-state index < -0.39 is 12.0 Å². The van der Waals surface area contributed by atoms with E-state index >= 15 is 0 Å². The second-order valence-corrected chi connectivity index (χ2v) is 4.31. The molecular formula is C14H19NO4. The molecule has 1 aromatic rings. The van der Waals surface area contributed by atoms with Crippen LogP contribution in [0.5, 0.6) is 0 Å². The Labute approximate surface area is 112 Å². The lowest BCUT2D eigenvalue weighted by atomic mass is 10.1. The number of benzene rings is 1. The average molecular weight is 265 g/mol. The maximum Gasteiger partial charge on any atom is 0.303 e. The van der Waals surface area contributed by atoms with Crippen LogP contribution in [0.4, 0.5) is 0 Å². The van der Waals surface area contributed by atoms with Crippen molar-refractivity contribution in [2.24, 2.45) is 0 Å². The molecule has 0 aromatic heterocycles. The predicted octanol–water partition coefficient (Wildman–Crippen LogP) is 1.48. The van der Waals surface area contributed by atoms with Gasteiger partial charge in [0.1, 0.15) is 0 Å². The molecule has 5 nitrogen and oxygen atoms in total. The number of hydrogen-bond donors (Lipinski definition) is 3. The highest BCUT2D eigenvalue weighted by Gasteiger charge is 2.12. The number of unbranched alkanes of at least 4 members (excludes halogenated alkanes) is 1. The minimum Gasteiger partial charge on any atom is -0.481 e. The number of nitrogens with one attached hydrogen (secondary N) is 1. The van der Waals surface area contributed by atoms with Crippen LogP contribution in [-0.4, -0.2) is 28.7 Å². The molecular weight excluding hydrogens is 246 g/mol. The normalized spacial score (nSPS) is 11.8. The number of carbonyl (C=O) groups excluding carboxylic acids is 1. The zero-order valence-electron chi connectivity index (χ0n) is 10.7. The fourth-order valence-electron chi connectivity index (χ4n) is 1.75. The Kier molecular flexibility index (Phi) is 6.60. The number of amides is 1. The third-order valence-corrected chi connectivity index (χ3v) is 2.76. The first kappa shape index (κ1) is 15.2. The van der Waals surface area contributed by atoms with E-state index in [9.17, 15) is 14.7 Å². The maximum atomic E-state index is 11.7. The first-order chi connectivity index (χ1) is 9.13. The summed E-state index contributed by atoms with van der Waals surface area (Å²) in [5.74, 6) is -1.02. The van der Waals surface area contributed by atoms with Gasteiger partial charge in [-0.05, 0) is 18.4 Å². The number of rotatable bonds is 8. The zero-order chi connectivity index (χ0) is 14.1. The van der Waals surface area contributed by atoms with Crippen LogP contribution < -0.4 is 5.32 Å². The van der Waals surface area contributed by atoms with E-state index in [-0.39, 0.29) is 25.4 Å². The number of aliphatic hydroxyl groups is 1. The van der Waals surface area contributed by atoms with Crippen molar-refractivity contribution in [1.29, 1.82) is 0 Å². The van der Waals surface area contributed by atoms with Crippen LogP contribution in [0.2, 0.25) is 0 Å². The molecule has 0 fully saturated rings. The van der Waals surface area contributed by atoms with Crippen LogP contribution >= 0.6 is 0 Å². The van der Waals surface area contributed by atoms with E-state index in [1.807, 2.05) is 30.3 Å². The van der Waals surface area contributed by atoms with Crippen molar-refractivity contribution >= 4 is 11.9 Å². The van der Waals surface area contributed by atoms with Crippen molar-refractivity contribution < 1.29 is 19.8 Å². The topological polar surface area (TPSA) is 86.6 Å². The van der Waals surface area contributed by atoms with Gasteiger partial charge in [0, 0.05) is 12.8 Å². The largest absolute Gasteiger partial charge is 0.481 e. The second-order valence-electron chi connectivity index (χ2n) is 4.31. The van der Waals surface area contributed by atoms with Gasteiger partial charge in [-0.25, -0.2) is 0 Å². The summed E-state index contributed by atoms with van der Waals surface area (Å²) in [5, 5.41) is 20.5. The maximum absolute atomic E-state index is 11.7. The van der Waals surface area contributed by atoms with Gasteiger partial charge in [-0.2, -0.15) is 0 Å². The van der Waals surface area contributed by atoms with E-state index in [2.05, 4.69) is 5.32 Å². The van der Waals surface area contributed by atoms with Crippen molar-refractivity contribution in [2.75, 3.05) is 6.61 Å². The lowest BCUT2D eigenvalue weighted by Crippen LogP contribution is -2.30. The first-order valence-corrected chi connectivity index (χ1v) is 6.30. The van der Waals surface area contributed by atoms with Crippen LogP contribution in [0.3, 0.4) is 0 Å². The van der Waals surface area contributed by atoms with Gasteiger partial charge < -0.3 is 15.5 Å². The Hall–Kier alpha value is -1.88. The van der Waals surface area contributed by atoms with Crippen LogP contribution in [0.15, 0.2) is 30.3 Å². The molecule has 0 spiro atoms. The van der Waals surface area contributed by atoms with Crippen molar-refractivity contribution in [2.45, 2.75) is 31.7 Å². The molecule has 3 N–H and O–H groups in total. The van der Waals surface area contributed by atoms with Gasteiger partial charge in [-0.1, -0.05) is 30.3 Å². The van der Waals surface area contributed by atoms with Gasteiger partial charge in [0.2, 0.25) is 5.91 Å². The molecule has 1 rings (SSSR count). The molecule has 0 radical (unpaired) electrons. The summed E-state index contributed by atoms with van der Waals surface area (Å²) in [6, 6.07) is 8.82. The molecule has 1 atom stereocenters. The Morgan fingerprint density at radius 1 is 1.11 bits per heavy atom. The summed E-state index contributed by atoms with van der Waals surface area (Å²) >= 11 is 0. The smallest absolute Gasteiger partial charge is 0.303 e. The van der Waals surface area contributed by atoms with E-state index in [0.29, 0.717) is 12.8 Å². The summed E-state index contributed by atoms with van der Waals surface area (Å²) in [5.41, 5.74) is 0.851. The second kappa shape index (κ2) is 8.26. The third-order valence-electron chi connectivity index (χ3n) is 2.76. The Morgan fingerprint density at radius 3 is 2.32 bits per heavy atom. The quantitative estimate of drug-likeness (QED) is 0.621. The van der Waals surface area contributed by atoms with Gasteiger partial charge >= 0.3 is 5.97 Å². The minimum atomic E-state index is -0.849. The molecule has 5 heteroatoms. The molecule has 104 valence electrons. The Balaban J connectivity index is 2.35. The highest BCUT2D eigenvalue weighted by molar-refractivity contribution is 5.76. The van der Waals surface area contributed by atoms with Crippen molar-refractivity contribution in [1.82, 2.24) is 5.32 Å². The number of aliphatic carboxylic acids is 1. The van der Waals surface area contributed by atoms with E-state index in [1.54, 1.807) is 0 Å². The fraction of sp³-hybridized carbons (Fsp3) is 0.429. The highest BCUT2D eigenvalue weighted by atomic mass is 16.4. The number of carbonyl (C=O) groups is 2. The van der Waals surface area contributed by atoms with Crippen LogP contribution in [0, 0.1) is 0 Å². The third kappa shape index (κ3) is 6.01. The zero-order valence-corrected chi connectivity index (χ0v) is 10.7. The molecule has 0 aliphatic carbocycles. The van der Waals surface area contributed by atoms with Gasteiger partial charge in [-0.3, -0.25) is 9.59 Å². The molecule has 0 bridgehead atoms. The van der Waals surface area contributed by atoms with Gasteiger partial charge in [-0.15, -0.1) is 0 Å². The van der Waals surface area contributed by atoms with Gasteiger partial charge in [0.25, 0.3) is 0 Å². The molecule has 1 amide bonds. The molecule has 19 heavy (non-hydrogen) atoms. The van der Waals surface area contributed by atoms with Crippen LogP contribution in [-0.2, 0) is 9.59 Å². The number of hydrogen-bond acceptors (Lipinski definition) is 3. The van der Waals surface area contributed by atoms with E-state index in [1.165, 1.54) is 0 Å². The summed E-state index contributed by atoms with van der Waals surface area (Å²) in [6.45, 7) is -0.162. The van der Waals surface area contributed by atoms with Crippen molar-refractivity contribution in [3.8, 4) is 0 Å². The molecule has 0 saturated heterocycles. The van der Waals surface area contributed by atoms with E-state index in [4.69, 9.17) is 5.11 Å². The lowest BCUT2D eigenvalue weighted by Gasteiger charge is -2.16. The monoisotopic (exact) mass is 265 g/mol. The summed E-state index contributed by atoms with van der Waals surface area (Å²) in [6.07, 6.45) is 1.37. The first-order valence-electron chi connectivity index (χ1n) is 6.30. The number of carboxylic acids is 1. The minimum absolute atomic E-state index is 0.0788. The summed E-state index contributed by atoms with van der Waals surface area (Å²) < 4.78 is 0. The number of aliphatic hydroxyl groups excluding tert-OH is 1. The van der Waals surface area contributed by atoms with Gasteiger partial charge in [0.05, 0.1) is 12.6 Å². The summed E-state index contributed by atoms with van der Waals surface area (Å²) in [7, 11) is 0. The molecule has 0 aliphatic rings. The van der Waals surface area contributed by atoms with Crippen molar-refractivity contribution in [3.05, 3.63) is 35.9 Å². The molecule has 1 aromatic carbocycles. The fourth-order valence-corrected chi connectivity index (χ4v) is 1.75. The molecule has 0 aliphatic heterocycles. The molecule has 0 saturated carbocycles.